The second-order valence-electron chi connectivity index (χ2n) is 13.1. The number of benzene rings is 3. The molecule has 2 aliphatic heterocycles. The number of rotatable bonds is 7. The molecule has 0 N–H and O–H groups in total. The summed E-state index contributed by atoms with van der Waals surface area (Å²) < 4.78 is 26.4. The first kappa shape index (κ1) is 29.1. The fourth-order valence-corrected chi connectivity index (χ4v) is 10.4. The van der Waals surface area contributed by atoms with Crippen LogP contribution in [0, 0.1) is 0 Å². The van der Waals surface area contributed by atoms with Crippen molar-refractivity contribution in [2.45, 2.75) is 83.8 Å². The SMILES string of the molecule is CC1(C)OB(/C=C(\C[Si](c2ccccc2)(c2ccccc2)c2ccccc2)B2OC(C)(C)C(C)(C)O2)OC1(C)C. The van der Waals surface area contributed by atoms with Gasteiger partial charge in [-0.2, -0.15) is 0 Å². The van der Waals surface area contributed by atoms with E-state index in [2.05, 4.69) is 152 Å². The first-order valence-corrected chi connectivity index (χ1v) is 16.6. The molecule has 208 valence electrons. The maximum absolute atomic E-state index is 6.71. The molecule has 0 saturated carbocycles. The second-order valence-corrected chi connectivity index (χ2v) is 17.0. The third-order valence-electron chi connectivity index (χ3n) is 9.45. The predicted molar refractivity (Wildman–Crippen MR) is 169 cm³/mol. The lowest BCUT2D eigenvalue weighted by Crippen LogP contribution is -2.67. The van der Waals surface area contributed by atoms with Crippen molar-refractivity contribution in [2.75, 3.05) is 0 Å². The van der Waals surface area contributed by atoms with Crippen LogP contribution in [0.15, 0.2) is 102 Å². The maximum atomic E-state index is 6.71. The maximum Gasteiger partial charge on any atom is 0.489 e. The monoisotopic (exact) mass is 552 g/mol. The molecule has 0 aliphatic carbocycles. The lowest BCUT2D eigenvalue weighted by atomic mass is 9.72. The zero-order chi connectivity index (χ0) is 28.8. The van der Waals surface area contributed by atoms with Gasteiger partial charge in [0.2, 0.25) is 0 Å². The van der Waals surface area contributed by atoms with E-state index >= 15 is 0 Å². The Labute approximate surface area is 242 Å². The van der Waals surface area contributed by atoms with E-state index in [0.717, 1.165) is 11.5 Å². The Morgan fingerprint density at radius 1 is 0.550 bits per heavy atom. The van der Waals surface area contributed by atoms with E-state index in [4.69, 9.17) is 18.6 Å². The lowest BCUT2D eigenvalue weighted by molar-refractivity contribution is 0.00578. The third kappa shape index (κ3) is 5.19. The van der Waals surface area contributed by atoms with Crippen LogP contribution in [0.1, 0.15) is 55.4 Å². The van der Waals surface area contributed by atoms with E-state index in [1.54, 1.807) is 0 Å². The summed E-state index contributed by atoms with van der Waals surface area (Å²) in [4.78, 5) is 0. The van der Waals surface area contributed by atoms with Gasteiger partial charge in [-0.15, -0.1) is 0 Å². The summed E-state index contributed by atoms with van der Waals surface area (Å²) in [5.41, 5.74) is -0.767. The molecule has 0 bridgehead atoms. The molecule has 2 heterocycles. The zero-order valence-electron chi connectivity index (χ0n) is 25.2. The number of hydrogen-bond donors (Lipinski definition) is 0. The van der Waals surface area contributed by atoms with Gasteiger partial charge in [-0.05, 0) is 82.5 Å². The topological polar surface area (TPSA) is 36.9 Å². The van der Waals surface area contributed by atoms with Gasteiger partial charge in [-0.3, -0.25) is 0 Å². The predicted octanol–water partition coefficient (Wildman–Crippen LogP) is 5.35. The standard InChI is InChI=1S/C33H42B2O4Si/c1-30(2)31(3,4)37-34(36-30)24-26(35-38-32(5,6)33(7,8)39-35)25-40(27-18-12-9-13-19-27,28-20-14-10-15-21-28)29-22-16-11-17-23-29/h9-24H,25H2,1-8H3/b26-24+. The van der Waals surface area contributed by atoms with Gasteiger partial charge >= 0.3 is 14.2 Å². The van der Waals surface area contributed by atoms with Gasteiger partial charge < -0.3 is 18.6 Å². The van der Waals surface area contributed by atoms with E-state index < -0.39 is 44.7 Å². The molecule has 40 heavy (non-hydrogen) atoms. The molecule has 0 spiro atoms. The summed E-state index contributed by atoms with van der Waals surface area (Å²) >= 11 is 0. The van der Waals surface area contributed by atoms with E-state index in [9.17, 15) is 0 Å². The van der Waals surface area contributed by atoms with Crippen LogP contribution in [0.4, 0.5) is 0 Å². The van der Waals surface area contributed by atoms with Crippen LogP contribution in [0.25, 0.3) is 0 Å². The van der Waals surface area contributed by atoms with Gasteiger partial charge in [-0.25, -0.2) is 0 Å². The lowest BCUT2D eigenvalue weighted by Gasteiger charge is -2.35. The Kier molecular flexibility index (Phi) is 7.60. The van der Waals surface area contributed by atoms with Gasteiger partial charge in [-0.1, -0.05) is 97.0 Å². The molecule has 0 atom stereocenters. The van der Waals surface area contributed by atoms with E-state index in [0.29, 0.717) is 0 Å². The molecule has 3 aromatic rings. The molecule has 0 unspecified atom stereocenters. The minimum Gasteiger partial charge on any atom is -0.400 e. The van der Waals surface area contributed by atoms with Crippen LogP contribution in [0.3, 0.4) is 0 Å². The minimum atomic E-state index is -2.63. The summed E-state index contributed by atoms with van der Waals surface area (Å²) in [7, 11) is -3.66. The summed E-state index contributed by atoms with van der Waals surface area (Å²) in [6, 6.07) is 33.6. The van der Waals surface area contributed by atoms with Crippen molar-refractivity contribution in [3.8, 4) is 0 Å². The van der Waals surface area contributed by atoms with Crippen molar-refractivity contribution in [1.29, 1.82) is 0 Å². The average Bonchev–Trinajstić information content (AvgIpc) is 3.26. The number of allylic oxidation sites excluding steroid dienone is 1. The van der Waals surface area contributed by atoms with Crippen molar-refractivity contribution >= 4 is 37.9 Å². The van der Waals surface area contributed by atoms with Crippen LogP contribution in [0.5, 0.6) is 0 Å². The Balaban J connectivity index is 1.71. The summed E-state index contributed by atoms with van der Waals surface area (Å²) in [6.45, 7) is 16.8. The molecule has 7 heteroatoms. The minimum absolute atomic E-state index is 0.442. The van der Waals surface area contributed by atoms with Crippen LogP contribution >= 0.6 is 0 Å². The van der Waals surface area contributed by atoms with Crippen LogP contribution in [-0.2, 0) is 18.6 Å². The summed E-state index contributed by atoms with van der Waals surface area (Å²) in [5, 5.41) is 4.01. The Bertz CT molecular complexity index is 1210. The van der Waals surface area contributed by atoms with E-state index in [1.165, 1.54) is 15.6 Å². The first-order valence-electron chi connectivity index (χ1n) is 14.4. The average molecular weight is 552 g/mol. The van der Waals surface area contributed by atoms with Gasteiger partial charge in [0, 0.05) is 0 Å². The molecule has 3 aromatic carbocycles. The highest BCUT2D eigenvalue weighted by Gasteiger charge is 2.56. The smallest absolute Gasteiger partial charge is 0.400 e. The van der Waals surface area contributed by atoms with Crippen LogP contribution in [-0.4, -0.2) is 44.7 Å². The normalized spacial score (nSPS) is 21.6. The zero-order valence-corrected chi connectivity index (χ0v) is 26.2. The Hall–Kier alpha value is -2.41. The quantitative estimate of drug-likeness (QED) is 0.293. The molecule has 2 aliphatic rings. The molecule has 5 rings (SSSR count). The van der Waals surface area contributed by atoms with Gasteiger partial charge in [0.25, 0.3) is 0 Å². The van der Waals surface area contributed by atoms with Crippen molar-refractivity contribution in [3.63, 3.8) is 0 Å². The highest BCUT2D eigenvalue weighted by atomic mass is 28.3. The molecule has 2 saturated heterocycles. The number of hydrogen-bond acceptors (Lipinski definition) is 4. The molecular weight excluding hydrogens is 510 g/mol. The largest absolute Gasteiger partial charge is 0.489 e. The van der Waals surface area contributed by atoms with Gasteiger partial charge in [0.1, 0.15) is 0 Å². The van der Waals surface area contributed by atoms with Gasteiger partial charge in [0.15, 0.2) is 8.07 Å². The molecule has 0 radical (unpaired) electrons. The fourth-order valence-electron chi connectivity index (χ4n) is 5.63. The summed E-state index contributed by atoms with van der Waals surface area (Å²) in [6.07, 6.45) is 0. The molecule has 4 nitrogen and oxygen atoms in total. The van der Waals surface area contributed by atoms with Crippen molar-refractivity contribution in [2.24, 2.45) is 0 Å². The molecular formula is C33H42B2O4Si. The second kappa shape index (κ2) is 10.5. The van der Waals surface area contributed by atoms with E-state index in [-0.39, 0.29) is 0 Å². The highest BCUT2D eigenvalue weighted by molar-refractivity contribution is 7.12. The Morgan fingerprint density at radius 2 is 0.875 bits per heavy atom. The molecule has 2 fully saturated rings. The summed E-state index contributed by atoms with van der Waals surface area (Å²) in [5.74, 6) is 2.13. The molecule has 0 amide bonds. The Morgan fingerprint density at radius 3 is 1.23 bits per heavy atom. The van der Waals surface area contributed by atoms with Crippen molar-refractivity contribution in [1.82, 2.24) is 0 Å². The van der Waals surface area contributed by atoms with Crippen molar-refractivity contribution in [3.05, 3.63) is 102 Å². The molecule has 0 aromatic heterocycles. The third-order valence-corrected chi connectivity index (χ3v) is 14.3. The fraction of sp³-hybridized carbons (Fsp3) is 0.394. The van der Waals surface area contributed by atoms with Crippen molar-refractivity contribution < 1.29 is 18.6 Å². The van der Waals surface area contributed by atoms with E-state index in [1.807, 2.05) is 0 Å². The van der Waals surface area contributed by atoms with Crippen LogP contribution < -0.4 is 15.6 Å². The van der Waals surface area contributed by atoms with Gasteiger partial charge in [0.05, 0.1) is 22.4 Å². The highest BCUT2D eigenvalue weighted by Crippen LogP contribution is 2.42. The van der Waals surface area contributed by atoms with Crippen LogP contribution in [0.2, 0.25) is 6.04 Å². The first-order chi connectivity index (χ1) is 18.8.